The Bertz CT molecular complexity index is 1380. The van der Waals surface area contributed by atoms with Crippen LogP contribution >= 0.6 is 0 Å². The average Bonchev–Trinajstić information content (AvgIpc) is 3.74. The van der Waals surface area contributed by atoms with Crippen molar-refractivity contribution in [2.45, 2.75) is 51.6 Å². The Morgan fingerprint density at radius 3 is 2.44 bits per heavy atom. The first-order valence-corrected chi connectivity index (χ1v) is 14.0. The average molecular weight is 524 g/mol. The molecule has 39 heavy (non-hydrogen) atoms. The van der Waals surface area contributed by atoms with E-state index in [0.29, 0.717) is 25.3 Å². The largest absolute Gasteiger partial charge is 0.494 e. The third-order valence-electron chi connectivity index (χ3n) is 7.32. The van der Waals surface area contributed by atoms with E-state index in [1.165, 1.54) is 10.9 Å². The molecule has 1 N–H and O–H groups in total. The second kappa shape index (κ2) is 12.7. The molecule has 6 heteroatoms. The predicted molar refractivity (Wildman–Crippen MR) is 155 cm³/mol. The van der Waals surface area contributed by atoms with Crippen molar-refractivity contribution in [1.82, 2.24) is 14.8 Å². The highest BCUT2D eigenvalue weighted by molar-refractivity contribution is 5.97. The summed E-state index contributed by atoms with van der Waals surface area (Å²) in [6, 6.07) is 25.7. The lowest BCUT2D eigenvalue weighted by molar-refractivity contribution is -0.132. The number of amides is 2. The molecule has 1 aliphatic carbocycles. The number of carbonyl (C=O) groups is 2. The number of benzene rings is 3. The van der Waals surface area contributed by atoms with E-state index in [0.717, 1.165) is 48.9 Å². The minimum absolute atomic E-state index is 0.0292. The fourth-order valence-electron chi connectivity index (χ4n) is 4.88. The molecule has 6 nitrogen and oxygen atoms in total. The zero-order valence-electron chi connectivity index (χ0n) is 22.6. The number of nitrogens with zero attached hydrogens (tertiary/aromatic N) is 2. The Morgan fingerprint density at radius 2 is 1.69 bits per heavy atom. The number of ether oxygens (including phenoxy) is 1. The fourth-order valence-corrected chi connectivity index (χ4v) is 4.88. The minimum Gasteiger partial charge on any atom is -0.494 e. The number of hydrogen-bond donors (Lipinski definition) is 1. The number of unbranched alkanes of at least 4 members (excludes halogenated alkanes) is 1. The van der Waals surface area contributed by atoms with E-state index in [2.05, 4.69) is 24.0 Å². The maximum absolute atomic E-state index is 13.8. The molecule has 0 saturated heterocycles. The summed E-state index contributed by atoms with van der Waals surface area (Å²) in [6.45, 7) is 3.97. The Morgan fingerprint density at radius 1 is 0.949 bits per heavy atom. The zero-order valence-corrected chi connectivity index (χ0v) is 22.6. The molecule has 4 aromatic rings. The monoisotopic (exact) mass is 523 g/mol. The van der Waals surface area contributed by atoms with Gasteiger partial charge in [-0.2, -0.15) is 0 Å². The maximum atomic E-state index is 13.8. The van der Waals surface area contributed by atoms with E-state index in [1.54, 1.807) is 4.90 Å². The Hall–Kier alpha value is -4.06. The number of aromatic nitrogens is 1. The Balaban J connectivity index is 1.29. The van der Waals surface area contributed by atoms with Gasteiger partial charge in [0.1, 0.15) is 12.3 Å². The molecule has 3 aromatic carbocycles. The molecule has 0 atom stereocenters. The van der Waals surface area contributed by atoms with Gasteiger partial charge < -0.3 is 19.5 Å². The van der Waals surface area contributed by atoms with Crippen LogP contribution in [-0.4, -0.2) is 52.3 Å². The standard InChI is InChI=1S/C33H37N3O3/c1-2-3-21-39-29-17-13-26(14-18-29)33(38)36(28-15-16-28)24-32(37)35(23-25-9-5-4-6-10-25)20-19-27-22-34-31-12-8-7-11-30(27)31/h4-14,17-18,22,28,34H,2-3,15-16,19-21,23-24H2,1H3. The van der Waals surface area contributed by atoms with Crippen molar-refractivity contribution in [3.63, 3.8) is 0 Å². The summed E-state index contributed by atoms with van der Waals surface area (Å²) < 4.78 is 5.75. The SMILES string of the molecule is CCCCOc1ccc(C(=O)N(CC(=O)N(CCc2c[nH]c3ccccc23)Cc2ccccc2)C2CC2)cc1. The van der Waals surface area contributed by atoms with Gasteiger partial charge in [0.2, 0.25) is 5.91 Å². The van der Waals surface area contributed by atoms with Crippen LogP contribution in [0.5, 0.6) is 5.75 Å². The number of carbonyl (C=O) groups excluding carboxylic acids is 2. The second-order valence-electron chi connectivity index (χ2n) is 10.3. The second-order valence-corrected chi connectivity index (χ2v) is 10.3. The van der Waals surface area contributed by atoms with Crippen molar-refractivity contribution < 1.29 is 14.3 Å². The molecule has 0 unspecified atom stereocenters. The number of para-hydroxylation sites is 1. The lowest BCUT2D eigenvalue weighted by atomic mass is 10.1. The van der Waals surface area contributed by atoms with Crippen LogP contribution in [0.4, 0.5) is 0 Å². The summed E-state index contributed by atoms with van der Waals surface area (Å²) in [5.41, 5.74) is 3.95. The molecule has 0 bridgehead atoms. The summed E-state index contributed by atoms with van der Waals surface area (Å²) >= 11 is 0. The van der Waals surface area contributed by atoms with Crippen LogP contribution < -0.4 is 4.74 Å². The van der Waals surface area contributed by atoms with Gasteiger partial charge in [-0.25, -0.2) is 0 Å². The van der Waals surface area contributed by atoms with Crippen LogP contribution in [0.1, 0.15) is 54.1 Å². The molecule has 1 saturated carbocycles. The van der Waals surface area contributed by atoms with E-state index >= 15 is 0 Å². The molecule has 202 valence electrons. The van der Waals surface area contributed by atoms with Crippen LogP contribution in [0.3, 0.4) is 0 Å². The number of rotatable bonds is 13. The number of nitrogens with one attached hydrogen (secondary N) is 1. The first kappa shape index (κ1) is 26.5. The molecular weight excluding hydrogens is 486 g/mol. The highest BCUT2D eigenvalue weighted by Crippen LogP contribution is 2.29. The summed E-state index contributed by atoms with van der Waals surface area (Å²) in [5.74, 6) is 0.640. The maximum Gasteiger partial charge on any atom is 0.254 e. The van der Waals surface area contributed by atoms with E-state index in [1.807, 2.05) is 77.8 Å². The molecule has 0 radical (unpaired) electrons. The van der Waals surface area contributed by atoms with Crippen molar-refractivity contribution in [3.8, 4) is 5.75 Å². The van der Waals surface area contributed by atoms with Crippen LogP contribution in [0, 0.1) is 0 Å². The molecule has 2 amide bonds. The van der Waals surface area contributed by atoms with Crippen molar-refractivity contribution in [2.24, 2.45) is 0 Å². The van der Waals surface area contributed by atoms with E-state index in [-0.39, 0.29) is 24.4 Å². The number of fused-ring (bicyclic) bond motifs is 1. The molecule has 1 aliphatic rings. The van der Waals surface area contributed by atoms with Gasteiger partial charge in [0.05, 0.1) is 6.61 Å². The van der Waals surface area contributed by atoms with Gasteiger partial charge >= 0.3 is 0 Å². The van der Waals surface area contributed by atoms with Gasteiger partial charge in [-0.3, -0.25) is 9.59 Å². The van der Waals surface area contributed by atoms with Crippen molar-refractivity contribution >= 4 is 22.7 Å². The molecule has 0 spiro atoms. The van der Waals surface area contributed by atoms with E-state index in [9.17, 15) is 9.59 Å². The smallest absolute Gasteiger partial charge is 0.254 e. The van der Waals surface area contributed by atoms with Crippen molar-refractivity contribution in [1.29, 1.82) is 0 Å². The fraction of sp³-hybridized carbons (Fsp3) is 0.333. The highest BCUT2D eigenvalue weighted by Gasteiger charge is 2.35. The lowest BCUT2D eigenvalue weighted by Crippen LogP contribution is -2.44. The highest BCUT2D eigenvalue weighted by atomic mass is 16.5. The quantitative estimate of drug-likeness (QED) is 0.212. The third-order valence-corrected chi connectivity index (χ3v) is 7.32. The number of hydrogen-bond acceptors (Lipinski definition) is 3. The van der Waals surface area contributed by atoms with Gasteiger partial charge in [0.15, 0.2) is 0 Å². The first-order chi connectivity index (χ1) is 19.1. The van der Waals surface area contributed by atoms with Gasteiger partial charge in [-0.1, -0.05) is 61.9 Å². The zero-order chi connectivity index (χ0) is 27.0. The molecule has 1 aromatic heterocycles. The molecule has 1 heterocycles. The predicted octanol–water partition coefficient (Wildman–Crippen LogP) is 6.22. The molecule has 0 aliphatic heterocycles. The summed E-state index contributed by atoms with van der Waals surface area (Å²) in [7, 11) is 0. The van der Waals surface area contributed by atoms with Crippen molar-refractivity contribution in [2.75, 3.05) is 19.7 Å². The van der Waals surface area contributed by atoms with Gasteiger partial charge in [-0.05, 0) is 67.1 Å². The number of H-pyrrole nitrogens is 1. The van der Waals surface area contributed by atoms with E-state index in [4.69, 9.17) is 4.74 Å². The van der Waals surface area contributed by atoms with Crippen LogP contribution in [0.2, 0.25) is 0 Å². The van der Waals surface area contributed by atoms with E-state index < -0.39 is 0 Å². The third kappa shape index (κ3) is 6.88. The summed E-state index contributed by atoms with van der Waals surface area (Å²) in [4.78, 5) is 34.3. The summed E-state index contributed by atoms with van der Waals surface area (Å²) in [5, 5.41) is 1.18. The Labute approximate surface area is 230 Å². The normalized spacial score (nSPS) is 12.8. The Kier molecular flexibility index (Phi) is 8.61. The van der Waals surface area contributed by atoms with Gasteiger partial charge in [-0.15, -0.1) is 0 Å². The van der Waals surface area contributed by atoms with Crippen LogP contribution in [-0.2, 0) is 17.8 Å². The topological polar surface area (TPSA) is 65.6 Å². The lowest BCUT2D eigenvalue weighted by Gasteiger charge is -2.28. The van der Waals surface area contributed by atoms with Gasteiger partial charge in [0, 0.05) is 41.8 Å². The number of aromatic amines is 1. The summed E-state index contributed by atoms with van der Waals surface area (Å²) in [6.07, 6.45) is 6.71. The molecular formula is C33H37N3O3. The minimum atomic E-state index is -0.0951. The van der Waals surface area contributed by atoms with Crippen LogP contribution in [0.15, 0.2) is 85.1 Å². The van der Waals surface area contributed by atoms with Gasteiger partial charge in [0.25, 0.3) is 5.91 Å². The van der Waals surface area contributed by atoms with Crippen molar-refractivity contribution in [3.05, 3.63) is 102 Å². The van der Waals surface area contributed by atoms with Crippen LogP contribution in [0.25, 0.3) is 10.9 Å². The first-order valence-electron chi connectivity index (χ1n) is 14.0. The molecule has 1 fully saturated rings. The molecule has 5 rings (SSSR count).